The maximum Gasteiger partial charge on any atom is 0.253 e. The van der Waals surface area contributed by atoms with Crippen LogP contribution < -0.4 is 0 Å². The number of rotatable bonds is 3. The first kappa shape index (κ1) is 13.5. The van der Waals surface area contributed by atoms with Crippen LogP contribution in [0.25, 0.3) is 11.0 Å². The van der Waals surface area contributed by atoms with Gasteiger partial charge in [-0.2, -0.15) is 0 Å². The molecule has 3 aromatic heterocycles. The van der Waals surface area contributed by atoms with Gasteiger partial charge in [-0.15, -0.1) is 0 Å². The molecule has 0 N–H and O–H groups in total. The first-order valence-electron chi connectivity index (χ1n) is 6.07. The molecule has 3 rings (SSSR count). The normalized spacial score (nSPS) is 10.5. The van der Waals surface area contributed by atoms with Crippen LogP contribution in [0.1, 0.15) is 21.0 Å². The highest BCUT2D eigenvalue weighted by Crippen LogP contribution is 2.16. The number of halogens is 1. The summed E-state index contributed by atoms with van der Waals surface area (Å²) < 4.78 is 0.753. The number of fused-ring (bicyclic) bond motifs is 1. The number of hydrogen-bond donors (Lipinski definition) is 0. The Morgan fingerprint density at radius 1 is 0.905 bits per heavy atom. The number of pyridine rings is 3. The molecular formula is C15H8BrN3O2. The van der Waals surface area contributed by atoms with E-state index in [9.17, 15) is 9.59 Å². The van der Waals surface area contributed by atoms with Crippen molar-refractivity contribution < 1.29 is 9.59 Å². The summed E-state index contributed by atoms with van der Waals surface area (Å²) in [6.45, 7) is 0. The molecular weight excluding hydrogens is 334 g/mol. The maximum absolute atomic E-state index is 12.2. The Morgan fingerprint density at radius 3 is 2.48 bits per heavy atom. The lowest BCUT2D eigenvalue weighted by Gasteiger charge is -2.02. The van der Waals surface area contributed by atoms with E-state index in [2.05, 4.69) is 30.9 Å². The zero-order chi connectivity index (χ0) is 14.8. The Morgan fingerprint density at radius 2 is 1.71 bits per heavy atom. The van der Waals surface area contributed by atoms with Crippen molar-refractivity contribution in [2.45, 2.75) is 0 Å². The number of carbonyl (C=O) groups excluding carboxylic acids is 2. The van der Waals surface area contributed by atoms with Gasteiger partial charge in [0.05, 0.1) is 11.0 Å². The summed E-state index contributed by atoms with van der Waals surface area (Å²) in [5.74, 6) is -1.36. The smallest absolute Gasteiger partial charge is 0.253 e. The third-order valence-corrected chi connectivity index (χ3v) is 3.27. The molecule has 0 spiro atoms. The molecule has 0 aliphatic carbocycles. The van der Waals surface area contributed by atoms with Gasteiger partial charge in [-0.05, 0) is 46.3 Å². The molecule has 0 aliphatic heterocycles. The van der Waals surface area contributed by atoms with E-state index in [1.54, 1.807) is 30.5 Å². The standard InChI is InChI=1S/C15H8BrN3O2/c16-9-7-13-10(18-8-9)4-5-12(19-13)15(21)14(20)11-3-1-2-6-17-11/h1-8H. The van der Waals surface area contributed by atoms with E-state index in [1.807, 2.05) is 0 Å². The van der Waals surface area contributed by atoms with Crippen LogP contribution >= 0.6 is 15.9 Å². The quantitative estimate of drug-likeness (QED) is 0.541. The molecule has 5 nitrogen and oxygen atoms in total. The van der Waals surface area contributed by atoms with Gasteiger partial charge in [-0.25, -0.2) is 4.98 Å². The molecule has 0 aromatic carbocycles. The van der Waals surface area contributed by atoms with Gasteiger partial charge in [0.2, 0.25) is 0 Å². The van der Waals surface area contributed by atoms with E-state index >= 15 is 0 Å². The van der Waals surface area contributed by atoms with Crippen LogP contribution in [0.3, 0.4) is 0 Å². The Balaban J connectivity index is 2.00. The molecule has 0 unspecified atom stereocenters. The molecule has 0 saturated carbocycles. The lowest BCUT2D eigenvalue weighted by Crippen LogP contribution is -2.17. The largest absolute Gasteiger partial charge is 0.283 e. The van der Waals surface area contributed by atoms with Gasteiger partial charge in [0.15, 0.2) is 0 Å². The number of hydrogen-bond acceptors (Lipinski definition) is 5. The van der Waals surface area contributed by atoms with Crippen LogP contribution in [-0.4, -0.2) is 26.5 Å². The van der Waals surface area contributed by atoms with Gasteiger partial charge in [0, 0.05) is 16.9 Å². The number of nitrogens with zero attached hydrogens (tertiary/aromatic N) is 3. The van der Waals surface area contributed by atoms with Crippen molar-refractivity contribution in [3.05, 3.63) is 64.7 Å². The van der Waals surface area contributed by atoms with E-state index in [-0.39, 0.29) is 11.4 Å². The van der Waals surface area contributed by atoms with E-state index in [0.29, 0.717) is 11.0 Å². The third kappa shape index (κ3) is 2.71. The number of ketones is 2. The van der Waals surface area contributed by atoms with Crippen LogP contribution in [0.4, 0.5) is 0 Å². The summed E-state index contributed by atoms with van der Waals surface area (Å²) in [4.78, 5) is 36.5. The van der Waals surface area contributed by atoms with Crippen molar-refractivity contribution in [1.82, 2.24) is 15.0 Å². The summed E-state index contributed by atoms with van der Waals surface area (Å²) in [7, 11) is 0. The van der Waals surface area contributed by atoms with Crippen molar-refractivity contribution in [2.75, 3.05) is 0 Å². The highest BCUT2D eigenvalue weighted by molar-refractivity contribution is 9.10. The minimum Gasteiger partial charge on any atom is -0.283 e. The van der Waals surface area contributed by atoms with Gasteiger partial charge in [-0.1, -0.05) is 6.07 Å². The molecule has 21 heavy (non-hydrogen) atoms. The third-order valence-electron chi connectivity index (χ3n) is 2.84. The monoisotopic (exact) mass is 341 g/mol. The van der Waals surface area contributed by atoms with Gasteiger partial charge in [0.1, 0.15) is 11.4 Å². The molecule has 0 fully saturated rings. The van der Waals surface area contributed by atoms with Crippen LogP contribution in [0.15, 0.2) is 53.3 Å². The van der Waals surface area contributed by atoms with Crippen molar-refractivity contribution in [1.29, 1.82) is 0 Å². The lowest BCUT2D eigenvalue weighted by atomic mass is 10.1. The van der Waals surface area contributed by atoms with Crippen molar-refractivity contribution in [3.63, 3.8) is 0 Å². The van der Waals surface area contributed by atoms with Gasteiger partial charge in [-0.3, -0.25) is 19.6 Å². The summed E-state index contributed by atoms with van der Waals surface area (Å²) in [5, 5.41) is 0. The van der Waals surface area contributed by atoms with Crippen LogP contribution in [-0.2, 0) is 0 Å². The van der Waals surface area contributed by atoms with Crippen molar-refractivity contribution >= 4 is 38.5 Å². The molecule has 102 valence electrons. The molecule has 0 bridgehead atoms. The lowest BCUT2D eigenvalue weighted by molar-refractivity contribution is 0.0811. The Bertz CT molecular complexity index is 850. The highest BCUT2D eigenvalue weighted by atomic mass is 79.9. The van der Waals surface area contributed by atoms with E-state index in [0.717, 1.165) is 4.47 Å². The van der Waals surface area contributed by atoms with Gasteiger partial charge in [0.25, 0.3) is 11.6 Å². The number of Topliss-reactive ketones (excluding diaryl/α,β-unsaturated/α-hetero) is 2. The molecule has 0 amide bonds. The highest BCUT2D eigenvalue weighted by Gasteiger charge is 2.20. The molecule has 6 heteroatoms. The average Bonchev–Trinajstić information content (AvgIpc) is 2.53. The summed E-state index contributed by atoms with van der Waals surface area (Å²) in [6, 6.07) is 9.73. The fourth-order valence-electron chi connectivity index (χ4n) is 1.84. The summed E-state index contributed by atoms with van der Waals surface area (Å²) >= 11 is 3.30. The van der Waals surface area contributed by atoms with Gasteiger partial charge >= 0.3 is 0 Å². The van der Waals surface area contributed by atoms with Gasteiger partial charge < -0.3 is 0 Å². The minimum atomic E-state index is -0.685. The van der Waals surface area contributed by atoms with Crippen molar-refractivity contribution in [2.24, 2.45) is 0 Å². The SMILES string of the molecule is O=C(C(=O)c1ccc2ncc(Br)cc2n1)c1ccccn1. The van der Waals surface area contributed by atoms with Crippen LogP contribution in [0.5, 0.6) is 0 Å². The average molecular weight is 342 g/mol. The topological polar surface area (TPSA) is 72.8 Å². The first-order chi connectivity index (χ1) is 10.1. The Kier molecular flexibility index (Phi) is 3.53. The predicted octanol–water partition coefficient (Wildman–Crippen LogP) is 2.85. The first-order valence-corrected chi connectivity index (χ1v) is 6.87. The fraction of sp³-hybridized carbons (Fsp3) is 0. The second kappa shape index (κ2) is 5.49. The van der Waals surface area contributed by atoms with Crippen LogP contribution in [0, 0.1) is 0 Å². The zero-order valence-corrected chi connectivity index (χ0v) is 12.2. The molecule has 3 aromatic rings. The molecule has 0 radical (unpaired) electrons. The maximum atomic E-state index is 12.2. The van der Waals surface area contributed by atoms with E-state index in [1.165, 1.54) is 18.3 Å². The Labute approximate surface area is 128 Å². The molecule has 3 heterocycles. The second-order valence-corrected chi connectivity index (χ2v) is 5.18. The molecule has 0 aliphatic rings. The molecule has 0 atom stereocenters. The number of carbonyl (C=O) groups is 2. The summed E-state index contributed by atoms with van der Waals surface area (Å²) in [5.41, 5.74) is 1.39. The number of aromatic nitrogens is 3. The zero-order valence-electron chi connectivity index (χ0n) is 10.7. The Hall–Kier alpha value is -2.47. The second-order valence-electron chi connectivity index (χ2n) is 4.26. The minimum absolute atomic E-state index is 0.0815. The van der Waals surface area contributed by atoms with E-state index < -0.39 is 11.6 Å². The fourth-order valence-corrected chi connectivity index (χ4v) is 2.16. The van der Waals surface area contributed by atoms with Crippen molar-refractivity contribution in [3.8, 4) is 0 Å². The van der Waals surface area contributed by atoms with E-state index in [4.69, 9.17) is 0 Å². The molecule has 0 saturated heterocycles. The summed E-state index contributed by atoms with van der Waals surface area (Å²) in [6.07, 6.45) is 3.11. The predicted molar refractivity (Wildman–Crippen MR) is 80.1 cm³/mol. The van der Waals surface area contributed by atoms with Crippen LogP contribution in [0.2, 0.25) is 0 Å².